The lowest BCUT2D eigenvalue weighted by Crippen LogP contribution is -2.32. The van der Waals surface area contributed by atoms with Gasteiger partial charge >= 0.3 is 0 Å². The number of hydrogen-bond acceptors (Lipinski definition) is 3. The topological polar surface area (TPSA) is 45.7 Å². The molecule has 4 nitrogen and oxygen atoms in total. The van der Waals surface area contributed by atoms with E-state index in [1.807, 2.05) is 13.0 Å². The van der Waals surface area contributed by atoms with Gasteiger partial charge in [-0.15, -0.1) is 0 Å². The molecule has 1 aliphatic rings. The first-order chi connectivity index (χ1) is 9.20. The number of aryl methyl sites for hydroxylation is 1. The second-order valence-electron chi connectivity index (χ2n) is 4.48. The molecule has 0 unspecified atom stereocenters. The number of nitrogens with zero attached hydrogens (tertiary/aromatic N) is 1. The van der Waals surface area contributed by atoms with Crippen molar-refractivity contribution in [2.45, 2.75) is 26.7 Å². The summed E-state index contributed by atoms with van der Waals surface area (Å²) in [6, 6.07) is 6.17. The van der Waals surface area contributed by atoms with Gasteiger partial charge in [0.15, 0.2) is 5.11 Å². The van der Waals surface area contributed by atoms with E-state index in [1.165, 1.54) is 5.56 Å². The molecule has 0 aromatic heterocycles. The lowest BCUT2D eigenvalue weighted by atomic mass is 10.0. The number of benzene rings is 1. The van der Waals surface area contributed by atoms with Crippen LogP contribution in [-0.4, -0.2) is 24.0 Å². The van der Waals surface area contributed by atoms with Gasteiger partial charge in [-0.3, -0.25) is 5.43 Å². The van der Waals surface area contributed by atoms with Gasteiger partial charge in [-0.2, -0.15) is 5.10 Å². The highest BCUT2D eigenvalue weighted by Crippen LogP contribution is 2.25. The van der Waals surface area contributed by atoms with E-state index in [4.69, 9.17) is 17.0 Å². The molecule has 0 amide bonds. The van der Waals surface area contributed by atoms with Gasteiger partial charge in [-0.1, -0.05) is 11.6 Å². The van der Waals surface area contributed by atoms with Crippen LogP contribution in [0.3, 0.4) is 0 Å². The number of ether oxygens (including phenoxy) is 1. The normalized spacial score (nSPS) is 16.2. The average molecular weight is 277 g/mol. The summed E-state index contributed by atoms with van der Waals surface area (Å²) in [6.45, 7) is 5.58. The number of nitrogens with one attached hydrogen (secondary N) is 2. The summed E-state index contributed by atoms with van der Waals surface area (Å²) in [5, 5.41) is 8.00. The van der Waals surface area contributed by atoms with E-state index in [-0.39, 0.29) is 0 Å². The molecular formula is C14H19N3OS. The maximum Gasteiger partial charge on any atom is 0.186 e. The van der Waals surface area contributed by atoms with Gasteiger partial charge < -0.3 is 10.1 Å². The first-order valence-electron chi connectivity index (χ1n) is 6.55. The molecule has 1 heterocycles. The van der Waals surface area contributed by atoms with E-state index < -0.39 is 0 Å². The lowest BCUT2D eigenvalue weighted by Gasteiger charge is -2.10. The van der Waals surface area contributed by atoms with Crippen LogP contribution in [0.1, 0.15) is 30.9 Å². The third-order valence-electron chi connectivity index (χ3n) is 2.89. The van der Waals surface area contributed by atoms with Crippen LogP contribution in [-0.2, 0) is 0 Å². The SMILES string of the molecule is CCNC(=S)N/N=C1/CCCOc2ccc(C)cc21. The maximum absolute atomic E-state index is 5.73. The van der Waals surface area contributed by atoms with Crippen molar-refractivity contribution in [2.24, 2.45) is 5.10 Å². The van der Waals surface area contributed by atoms with Crippen LogP contribution < -0.4 is 15.5 Å². The Morgan fingerprint density at radius 1 is 1.47 bits per heavy atom. The zero-order valence-electron chi connectivity index (χ0n) is 11.3. The number of rotatable bonds is 2. The van der Waals surface area contributed by atoms with Crippen molar-refractivity contribution in [3.63, 3.8) is 0 Å². The molecule has 1 aromatic rings. The Morgan fingerprint density at radius 3 is 3.11 bits per heavy atom. The van der Waals surface area contributed by atoms with Crippen LogP contribution in [0.5, 0.6) is 5.75 Å². The highest BCUT2D eigenvalue weighted by Gasteiger charge is 2.15. The Bertz CT molecular complexity index is 499. The molecule has 5 heteroatoms. The molecule has 1 aliphatic heterocycles. The maximum atomic E-state index is 5.73. The number of thiocarbonyl (C=S) groups is 1. The van der Waals surface area contributed by atoms with Crippen LogP contribution in [0, 0.1) is 6.92 Å². The number of hydrogen-bond donors (Lipinski definition) is 2. The first kappa shape index (κ1) is 13.8. The Kier molecular flexibility index (Phi) is 4.74. The summed E-state index contributed by atoms with van der Waals surface area (Å²) in [5.41, 5.74) is 6.15. The van der Waals surface area contributed by atoms with Crippen molar-refractivity contribution < 1.29 is 4.74 Å². The van der Waals surface area contributed by atoms with E-state index in [2.05, 4.69) is 34.9 Å². The van der Waals surface area contributed by atoms with Gasteiger partial charge in [-0.25, -0.2) is 0 Å². The molecule has 102 valence electrons. The van der Waals surface area contributed by atoms with Gasteiger partial charge in [0.1, 0.15) is 5.75 Å². The standard InChI is InChI=1S/C14H19N3OS/c1-3-15-14(19)17-16-12-5-4-8-18-13-7-6-10(2)9-11(12)13/h6-7,9H,3-5,8H2,1-2H3,(H2,15,17,19)/b16-12-. The molecule has 0 fully saturated rings. The summed E-state index contributed by atoms with van der Waals surface area (Å²) >= 11 is 5.12. The molecule has 0 aliphatic carbocycles. The van der Waals surface area contributed by atoms with Crippen molar-refractivity contribution in [1.29, 1.82) is 0 Å². The van der Waals surface area contributed by atoms with Gasteiger partial charge in [0.25, 0.3) is 0 Å². The fourth-order valence-corrected chi connectivity index (χ4v) is 2.18. The minimum Gasteiger partial charge on any atom is -0.493 e. The Labute approximate surface area is 119 Å². The fourth-order valence-electron chi connectivity index (χ4n) is 1.99. The van der Waals surface area contributed by atoms with Gasteiger partial charge in [0.2, 0.25) is 0 Å². The van der Waals surface area contributed by atoms with Gasteiger partial charge in [-0.05, 0) is 51.0 Å². The number of fused-ring (bicyclic) bond motifs is 1. The summed E-state index contributed by atoms with van der Waals surface area (Å²) in [5.74, 6) is 0.901. The molecule has 0 saturated carbocycles. The minimum absolute atomic E-state index is 0.550. The third-order valence-corrected chi connectivity index (χ3v) is 3.13. The van der Waals surface area contributed by atoms with Crippen molar-refractivity contribution in [3.05, 3.63) is 29.3 Å². The zero-order chi connectivity index (χ0) is 13.7. The largest absolute Gasteiger partial charge is 0.493 e. The Balaban J connectivity index is 2.23. The van der Waals surface area contributed by atoms with E-state index in [1.54, 1.807) is 0 Å². The van der Waals surface area contributed by atoms with Gasteiger partial charge in [0.05, 0.1) is 12.3 Å². The Morgan fingerprint density at radius 2 is 2.32 bits per heavy atom. The van der Waals surface area contributed by atoms with Crippen molar-refractivity contribution in [1.82, 2.24) is 10.7 Å². The highest BCUT2D eigenvalue weighted by atomic mass is 32.1. The summed E-state index contributed by atoms with van der Waals surface area (Å²) in [7, 11) is 0. The summed E-state index contributed by atoms with van der Waals surface area (Å²) in [6.07, 6.45) is 1.85. The molecule has 1 aromatic carbocycles. The molecular weight excluding hydrogens is 258 g/mol. The Hall–Kier alpha value is -1.62. The first-order valence-corrected chi connectivity index (χ1v) is 6.95. The smallest absolute Gasteiger partial charge is 0.186 e. The van der Waals surface area contributed by atoms with E-state index >= 15 is 0 Å². The molecule has 0 radical (unpaired) electrons. The minimum atomic E-state index is 0.550. The second-order valence-corrected chi connectivity index (χ2v) is 4.89. The second kappa shape index (κ2) is 6.52. The van der Waals surface area contributed by atoms with Crippen LogP contribution in [0.25, 0.3) is 0 Å². The molecule has 2 N–H and O–H groups in total. The van der Waals surface area contributed by atoms with E-state index in [0.717, 1.165) is 43.0 Å². The molecule has 19 heavy (non-hydrogen) atoms. The molecule has 0 atom stereocenters. The highest BCUT2D eigenvalue weighted by molar-refractivity contribution is 7.80. The van der Waals surface area contributed by atoms with Crippen molar-refractivity contribution in [3.8, 4) is 5.75 Å². The van der Waals surface area contributed by atoms with Crippen LogP contribution in [0.15, 0.2) is 23.3 Å². The number of hydrazone groups is 1. The van der Waals surface area contributed by atoms with Crippen molar-refractivity contribution in [2.75, 3.05) is 13.2 Å². The average Bonchev–Trinajstić information content (AvgIpc) is 2.59. The quantitative estimate of drug-likeness (QED) is 0.643. The van der Waals surface area contributed by atoms with Gasteiger partial charge in [0, 0.05) is 12.1 Å². The van der Waals surface area contributed by atoms with Crippen LogP contribution in [0.2, 0.25) is 0 Å². The van der Waals surface area contributed by atoms with Crippen LogP contribution in [0.4, 0.5) is 0 Å². The molecule has 0 bridgehead atoms. The monoisotopic (exact) mass is 277 g/mol. The van der Waals surface area contributed by atoms with E-state index in [0.29, 0.717) is 5.11 Å². The summed E-state index contributed by atoms with van der Waals surface area (Å²) < 4.78 is 5.73. The fraction of sp³-hybridized carbons (Fsp3) is 0.429. The van der Waals surface area contributed by atoms with Crippen molar-refractivity contribution >= 4 is 23.0 Å². The predicted octanol–water partition coefficient (Wildman–Crippen LogP) is 2.36. The molecule has 0 spiro atoms. The lowest BCUT2D eigenvalue weighted by molar-refractivity contribution is 0.318. The van der Waals surface area contributed by atoms with Crippen LogP contribution >= 0.6 is 12.2 Å². The van der Waals surface area contributed by atoms with E-state index in [9.17, 15) is 0 Å². The molecule has 0 saturated heterocycles. The third kappa shape index (κ3) is 3.67. The summed E-state index contributed by atoms with van der Waals surface area (Å²) in [4.78, 5) is 0. The predicted molar refractivity (Wildman–Crippen MR) is 81.9 cm³/mol. The molecule has 2 rings (SSSR count). The zero-order valence-corrected chi connectivity index (χ0v) is 12.1.